The molecule has 6 amide bonds. The number of ether oxygens (including phenoxy) is 6. The summed E-state index contributed by atoms with van der Waals surface area (Å²) >= 11 is 0. The first-order valence-electron chi connectivity index (χ1n) is 49.8. The Balaban J connectivity index is 1.30. The second kappa shape index (κ2) is 50.6. The molecule has 3 aliphatic heterocycles. The largest absolute Gasteiger partial charge is 0.508 e. The van der Waals surface area contributed by atoms with Crippen LogP contribution >= 0.6 is 0 Å². The first-order chi connectivity index (χ1) is 62.3. The minimum Gasteiger partial charge on any atom is -0.508 e. The average Bonchev–Trinajstić information content (AvgIpc) is 1.63. The summed E-state index contributed by atoms with van der Waals surface area (Å²) in [6, 6.07) is 26.3. The van der Waals surface area contributed by atoms with Crippen LogP contribution in [0.3, 0.4) is 0 Å². The van der Waals surface area contributed by atoms with Crippen molar-refractivity contribution in [2.24, 2.45) is 0 Å². The van der Waals surface area contributed by atoms with Crippen molar-refractivity contribution >= 4 is 69.6 Å². The zero-order valence-electron chi connectivity index (χ0n) is 78.7. The molecule has 2 atom stereocenters. The molecule has 0 radical (unpaired) electrons. The van der Waals surface area contributed by atoms with E-state index in [-0.39, 0.29) is 154 Å². The van der Waals surface area contributed by atoms with Gasteiger partial charge in [0.1, 0.15) is 46.0 Å². The molecule has 11 rings (SSSR count). The maximum atomic E-state index is 14.0. The molecule has 8 N–H and O–H groups in total. The normalized spacial score (nSPS) is 14.8. The van der Waals surface area contributed by atoms with Gasteiger partial charge in [-0.05, 0) is 49.9 Å². The zero-order valence-corrected chi connectivity index (χ0v) is 78.7. The van der Waals surface area contributed by atoms with E-state index in [0.29, 0.717) is 71.3 Å². The standard InChI is InChI=1S/C108H148N6O14/c1-11-21-25-29-33-37-41-45-49-53-71-75-57-77-72(54-50-46-42-38-34-30-26-22-12-2)79-59-81-74(56-52-48-44-40-36-32-28-24-14-4)82-60-80-73(55-51-47-43-39-35-31-27-23-13-3)78-58-76(71)90(116)68-92(78)124-98-62-84(110-104(118)16-6)86(112-106(120)18-8)64-100(98)126-94(80)70-96(82)128-102-66-88(114-108(122)20-10)87(113-107(121)19-9)65-101(102)127-95(81)69-93(79)125-99-63-85(111-105(119)17-7)83(109-103(117)15-5)61-97(99)123-91(77)67-89(75)115/h57-74,115-116H,11-56H2,1-10H3,(H,109,117)(H,110,118)(H,111,119)(H,112,120)(H,113,121)(H,114,122). The van der Waals surface area contributed by atoms with Crippen molar-refractivity contribution in [1.82, 2.24) is 0 Å². The molecule has 128 heavy (non-hydrogen) atoms. The summed E-state index contributed by atoms with van der Waals surface area (Å²) in [6.07, 6.45) is 41.9. The Morgan fingerprint density at radius 2 is 0.359 bits per heavy atom. The summed E-state index contributed by atoms with van der Waals surface area (Å²) in [5, 5.41) is 45.8. The summed E-state index contributed by atoms with van der Waals surface area (Å²) in [7, 11) is 0. The SMILES string of the molecule is CCCCCCCCCCCC1c2cc3c(cc2O)Oc2cc(NC(=O)CC)c(NC(=O)CC)cc2Oc2cc4c(cc2C3CCCCCCCCCCC)C(CCCCCCCCCCC)c2cc3c(cc2Oc2cc(NC(=O)CC)c(NC(=O)CC)cc2O4)Oc2cc(NC(=O)CC)c(NC(=O)CC)cc2Oc2cc(O)c1cc2C3CCCCCCCCCCC. The lowest BCUT2D eigenvalue weighted by atomic mass is 9.76. The molecule has 7 aromatic carbocycles. The van der Waals surface area contributed by atoms with E-state index in [1.165, 1.54) is 96.3 Å². The fourth-order valence-corrected chi connectivity index (χ4v) is 18.6. The number of carbonyl (C=O) groups excluding carboxylic acids is 6. The van der Waals surface area contributed by atoms with Gasteiger partial charge >= 0.3 is 0 Å². The van der Waals surface area contributed by atoms with Gasteiger partial charge in [0.2, 0.25) is 35.4 Å². The first kappa shape index (κ1) is 98.4. The molecule has 0 fully saturated rings. The average molecular weight is 1750 g/mol. The third kappa shape index (κ3) is 27.0. The number of amides is 6. The Hall–Kier alpha value is -10.2. The molecule has 20 heteroatoms. The van der Waals surface area contributed by atoms with E-state index in [2.05, 4.69) is 83.9 Å². The lowest BCUT2D eigenvalue weighted by Gasteiger charge is -2.30. The Labute approximate surface area is 762 Å². The molecule has 3 heterocycles. The lowest BCUT2D eigenvalue weighted by molar-refractivity contribution is -0.116. The Morgan fingerprint density at radius 1 is 0.203 bits per heavy atom. The lowest BCUT2D eigenvalue weighted by Crippen LogP contribution is -2.15. The van der Waals surface area contributed by atoms with Crippen molar-refractivity contribution in [2.75, 3.05) is 31.9 Å². The summed E-state index contributed by atoms with van der Waals surface area (Å²) < 4.78 is 45.7. The molecule has 20 nitrogen and oxygen atoms in total. The number of unbranched alkanes of at least 4 members (excludes halogenated alkanes) is 32. The molecule has 0 saturated heterocycles. The number of hydrogen-bond acceptors (Lipinski definition) is 14. The second-order valence-corrected chi connectivity index (χ2v) is 36.0. The van der Waals surface area contributed by atoms with Gasteiger partial charge in [0.15, 0.2) is 34.5 Å². The summed E-state index contributed by atoms with van der Waals surface area (Å²) in [6.45, 7) is 19.6. The predicted octanol–water partition coefficient (Wildman–Crippen LogP) is 31.4. The highest BCUT2D eigenvalue weighted by atomic mass is 16.5. The van der Waals surface area contributed by atoms with E-state index in [4.69, 9.17) is 28.4 Å². The maximum Gasteiger partial charge on any atom is 0.224 e. The van der Waals surface area contributed by atoms with Crippen LogP contribution in [-0.2, 0) is 28.8 Å². The van der Waals surface area contributed by atoms with Crippen LogP contribution in [0.1, 0.15) is 433 Å². The van der Waals surface area contributed by atoms with Crippen molar-refractivity contribution in [3.05, 3.63) is 129 Å². The second-order valence-electron chi connectivity index (χ2n) is 36.0. The van der Waals surface area contributed by atoms with E-state index in [0.717, 1.165) is 168 Å². The van der Waals surface area contributed by atoms with Crippen LogP contribution in [0.5, 0.6) is 80.5 Å². The minimum absolute atomic E-state index is 0.0572. The number of nitrogens with one attached hydrogen (secondary N) is 6. The highest BCUT2D eigenvalue weighted by Crippen LogP contribution is 2.60. The first-order valence-corrected chi connectivity index (χ1v) is 49.8. The molecule has 0 spiro atoms. The van der Waals surface area contributed by atoms with Crippen LogP contribution in [0, 0.1) is 0 Å². The van der Waals surface area contributed by atoms with Gasteiger partial charge in [0, 0.05) is 167 Å². The van der Waals surface area contributed by atoms with Gasteiger partial charge in [-0.25, -0.2) is 0 Å². The van der Waals surface area contributed by atoms with Crippen LogP contribution < -0.4 is 60.3 Å². The quantitative estimate of drug-likeness (QED) is 0.0165. The van der Waals surface area contributed by atoms with Crippen LogP contribution in [0.4, 0.5) is 34.1 Å². The van der Waals surface area contributed by atoms with Crippen LogP contribution in [-0.4, -0.2) is 45.7 Å². The van der Waals surface area contributed by atoms with Gasteiger partial charge in [0.05, 0.1) is 34.1 Å². The maximum absolute atomic E-state index is 14.0. The minimum atomic E-state index is -0.651. The molecular formula is C108H148N6O14. The van der Waals surface area contributed by atoms with Gasteiger partial charge < -0.3 is 70.5 Å². The highest BCUT2D eigenvalue weighted by molar-refractivity contribution is 6.03. The fourth-order valence-electron chi connectivity index (χ4n) is 18.6. The summed E-state index contributed by atoms with van der Waals surface area (Å²) in [5.74, 6) is -0.908. The predicted molar refractivity (Wildman–Crippen MR) is 517 cm³/mol. The number of aromatic hydroxyl groups is 2. The number of anilines is 6. The number of phenolic OH excluding ortho intramolecular Hbond substituents is 2. The fraction of sp³-hybridized carbons (Fsp3) is 0.556. The highest BCUT2D eigenvalue weighted by Gasteiger charge is 2.39. The van der Waals surface area contributed by atoms with Crippen molar-refractivity contribution in [2.45, 2.75) is 388 Å². The van der Waals surface area contributed by atoms with Gasteiger partial charge in [-0.2, -0.15) is 0 Å². The molecule has 694 valence electrons. The Kier molecular flexibility index (Phi) is 38.9. The van der Waals surface area contributed by atoms with Crippen LogP contribution in [0.15, 0.2) is 84.9 Å². The van der Waals surface area contributed by atoms with E-state index in [9.17, 15) is 39.0 Å². The summed E-state index contributed by atoms with van der Waals surface area (Å²) in [5.41, 5.74) is 7.48. The topological polar surface area (TPSA) is 270 Å². The van der Waals surface area contributed by atoms with Gasteiger partial charge in [-0.3, -0.25) is 28.8 Å². The number of benzene rings is 7. The number of carbonyl (C=O) groups is 6. The number of phenols is 2. The van der Waals surface area contributed by atoms with E-state index >= 15 is 0 Å². The van der Waals surface area contributed by atoms with Crippen LogP contribution in [0.25, 0.3) is 0 Å². The summed E-state index contributed by atoms with van der Waals surface area (Å²) in [4.78, 5) is 83.2. The monoisotopic (exact) mass is 1750 g/mol. The van der Waals surface area contributed by atoms with Gasteiger partial charge in [0.25, 0.3) is 0 Å². The molecule has 8 bridgehead atoms. The van der Waals surface area contributed by atoms with E-state index in [1.54, 1.807) is 90.1 Å². The van der Waals surface area contributed by atoms with Gasteiger partial charge in [-0.15, -0.1) is 0 Å². The van der Waals surface area contributed by atoms with Gasteiger partial charge in [-0.1, -0.05) is 300 Å². The van der Waals surface area contributed by atoms with Crippen molar-refractivity contribution < 1.29 is 67.4 Å². The molecule has 7 aromatic rings. The molecule has 4 aliphatic rings. The van der Waals surface area contributed by atoms with Crippen molar-refractivity contribution in [1.29, 1.82) is 0 Å². The number of rotatable bonds is 52. The van der Waals surface area contributed by atoms with E-state index in [1.807, 2.05) is 12.1 Å². The van der Waals surface area contributed by atoms with Crippen LogP contribution in [0.2, 0.25) is 0 Å². The van der Waals surface area contributed by atoms with Crippen molar-refractivity contribution in [3.8, 4) is 80.5 Å². The number of fused-ring (bicyclic) bond motifs is 5. The third-order valence-electron chi connectivity index (χ3n) is 26.1. The third-order valence-corrected chi connectivity index (χ3v) is 26.1. The molecule has 1 aliphatic carbocycles. The van der Waals surface area contributed by atoms with E-state index < -0.39 is 23.7 Å². The smallest absolute Gasteiger partial charge is 0.224 e. The molecular weight excluding hydrogens is 1610 g/mol. The Morgan fingerprint density at radius 3 is 0.539 bits per heavy atom. The Bertz CT molecular complexity index is 4600. The zero-order chi connectivity index (χ0) is 90.9. The van der Waals surface area contributed by atoms with Crippen molar-refractivity contribution in [3.63, 3.8) is 0 Å². The molecule has 0 saturated carbocycles. The number of hydrogen-bond donors (Lipinski definition) is 8. The molecule has 2 unspecified atom stereocenters. The molecule has 0 aromatic heterocycles.